The molecule has 30 heavy (non-hydrogen) atoms. The second-order valence-corrected chi connectivity index (χ2v) is 10.5. The van der Waals surface area contributed by atoms with Crippen LogP contribution in [0.4, 0.5) is 5.82 Å². The van der Waals surface area contributed by atoms with Crippen molar-refractivity contribution in [3.8, 4) is 0 Å². The molecule has 0 aromatic carbocycles. The molecule has 3 aliphatic rings. The number of piperidine rings is 1. The number of thiophene rings is 1. The average molecular weight is 428 g/mol. The highest BCUT2D eigenvalue weighted by Crippen LogP contribution is 2.36. The van der Waals surface area contributed by atoms with E-state index in [2.05, 4.69) is 38.5 Å². The number of hydrogen-bond acceptors (Lipinski definition) is 6. The largest absolute Gasteiger partial charge is 0.356 e. The van der Waals surface area contributed by atoms with Crippen molar-refractivity contribution in [2.75, 3.05) is 44.2 Å². The molecule has 1 amide bonds. The number of anilines is 1. The highest BCUT2D eigenvalue weighted by Gasteiger charge is 2.36. The van der Waals surface area contributed by atoms with Crippen LogP contribution in [-0.2, 0) is 4.79 Å². The van der Waals surface area contributed by atoms with Crippen molar-refractivity contribution in [3.05, 3.63) is 16.8 Å². The molecular weight excluding hydrogens is 394 g/mol. The summed E-state index contributed by atoms with van der Waals surface area (Å²) in [6.45, 7) is 10.6. The van der Waals surface area contributed by atoms with E-state index in [-0.39, 0.29) is 5.92 Å². The third kappa shape index (κ3) is 3.71. The predicted molar refractivity (Wildman–Crippen MR) is 122 cm³/mol. The minimum atomic E-state index is 0.170. The van der Waals surface area contributed by atoms with Gasteiger partial charge in [0.2, 0.25) is 5.91 Å². The average Bonchev–Trinajstić information content (AvgIpc) is 3.50. The van der Waals surface area contributed by atoms with Gasteiger partial charge in [-0.2, -0.15) is 0 Å². The Morgan fingerprint density at radius 2 is 1.80 bits per heavy atom. The van der Waals surface area contributed by atoms with Gasteiger partial charge < -0.3 is 14.7 Å². The molecule has 1 atom stereocenters. The first-order valence-corrected chi connectivity index (χ1v) is 12.4. The zero-order valence-corrected chi connectivity index (χ0v) is 19.1. The fourth-order valence-electron chi connectivity index (χ4n) is 5.56. The first-order valence-electron chi connectivity index (χ1n) is 11.6. The minimum absolute atomic E-state index is 0.170. The maximum atomic E-state index is 13.4. The van der Waals surface area contributed by atoms with Gasteiger partial charge in [-0.05, 0) is 71.0 Å². The Bertz CT molecular complexity index is 914. The fourth-order valence-corrected chi connectivity index (χ4v) is 6.55. The Balaban J connectivity index is 1.24. The van der Waals surface area contributed by atoms with Crippen LogP contribution in [0.1, 0.15) is 49.0 Å². The van der Waals surface area contributed by atoms with Gasteiger partial charge in [0, 0.05) is 43.0 Å². The minimum Gasteiger partial charge on any atom is -0.356 e. The Morgan fingerprint density at radius 1 is 1.03 bits per heavy atom. The predicted octanol–water partition coefficient (Wildman–Crippen LogP) is 3.61. The monoisotopic (exact) mass is 427 g/mol. The zero-order valence-electron chi connectivity index (χ0n) is 18.3. The number of aromatic nitrogens is 2. The lowest BCUT2D eigenvalue weighted by Crippen LogP contribution is -2.47. The van der Waals surface area contributed by atoms with E-state index in [1.807, 2.05) is 0 Å². The van der Waals surface area contributed by atoms with Crippen LogP contribution < -0.4 is 4.90 Å². The van der Waals surface area contributed by atoms with Gasteiger partial charge in [-0.15, -0.1) is 11.3 Å². The Morgan fingerprint density at radius 3 is 2.57 bits per heavy atom. The van der Waals surface area contributed by atoms with Gasteiger partial charge in [-0.1, -0.05) is 0 Å². The van der Waals surface area contributed by atoms with E-state index in [4.69, 9.17) is 0 Å². The number of carbonyl (C=O) groups excluding carboxylic acids is 1. The van der Waals surface area contributed by atoms with E-state index in [0.29, 0.717) is 11.9 Å². The molecule has 3 aliphatic heterocycles. The molecule has 2 aromatic rings. The number of amides is 1. The second kappa shape index (κ2) is 8.42. The molecule has 0 aliphatic carbocycles. The molecule has 3 saturated heterocycles. The van der Waals surface area contributed by atoms with Crippen LogP contribution in [0.5, 0.6) is 0 Å². The van der Waals surface area contributed by atoms with E-state index in [0.717, 1.165) is 49.7 Å². The molecule has 6 nitrogen and oxygen atoms in total. The summed E-state index contributed by atoms with van der Waals surface area (Å²) in [5.41, 5.74) is 1.30. The fraction of sp³-hybridized carbons (Fsp3) is 0.696. The molecule has 5 rings (SSSR count). The molecule has 162 valence electrons. The van der Waals surface area contributed by atoms with Gasteiger partial charge in [0.25, 0.3) is 0 Å². The molecular formula is C23H33N5OS. The summed E-state index contributed by atoms with van der Waals surface area (Å²) in [4.78, 5) is 32.0. The molecule has 0 N–H and O–H groups in total. The van der Waals surface area contributed by atoms with Gasteiger partial charge in [-0.25, -0.2) is 9.97 Å². The first kappa shape index (κ1) is 20.2. The first-order chi connectivity index (χ1) is 14.6. The standard InChI is InChI=1S/C23H33N5OS/c1-16-17(2)30-22-20(16)21(24-15-25-22)27-12-7-18(8-13-27)23(29)28-11-5-6-19(28)14-26-9-3-4-10-26/h15,18-19H,3-14H2,1-2H3. The summed E-state index contributed by atoms with van der Waals surface area (Å²) < 4.78 is 0. The maximum Gasteiger partial charge on any atom is 0.226 e. The van der Waals surface area contributed by atoms with Gasteiger partial charge in [-0.3, -0.25) is 4.79 Å². The Kier molecular flexibility index (Phi) is 5.67. The molecule has 0 bridgehead atoms. The van der Waals surface area contributed by atoms with Crippen LogP contribution in [0, 0.1) is 19.8 Å². The lowest BCUT2D eigenvalue weighted by atomic mass is 9.94. The van der Waals surface area contributed by atoms with Gasteiger partial charge >= 0.3 is 0 Å². The number of carbonyl (C=O) groups is 1. The van der Waals surface area contributed by atoms with Crippen LogP contribution in [0.2, 0.25) is 0 Å². The normalized spacial score (nSPS) is 23.7. The van der Waals surface area contributed by atoms with Crippen LogP contribution in [-0.4, -0.2) is 71.0 Å². The molecule has 2 aromatic heterocycles. The van der Waals surface area contributed by atoms with Crippen molar-refractivity contribution >= 4 is 33.3 Å². The van der Waals surface area contributed by atoms with E-state index in [1.165, 1.54) is 54.6 Å². The van der Waals surface area contributed by atoms with Crippen molar-refractivity contribution < 1.29 is 4.79 Å². The Hall–Kier alpha value is -1.73. The van der Waals surface area contributed by atoms with Crippen molar-refractivity contribution in [2.45, 2.75) is 58.4 Å². The highest BCUT2D eigenvalue weighted by molar-refractivity contribution is 7.18. The van der Waals surface area contributed by atoms with Crippen molar-refractivity contribution in [3.63, 3.8) is 0 Å². The summed E-state index contributed by atoms with van der Waals surface area (Å²) in [7, 11) is 0. The van der Waals surface area contributed by atoms with Gasteiger partial charge in [0.05, 0.1) is 5.39 Å². The Labute approximate surface area is 183 Å². The zero-order chi connectivity index (χ0) is 20.7. The summed E-state index contributed by atoms with van der Waals surface area (Å²) in [5.74, 6) is 1.63. The molecule has 3 fully saturated rings. The maximum absolute atomic E-state index is 13.4. The van der Waals surface area contributed by atoms with Crippen LogP contribution >= 0.6 is 11.3 Å². The SMILES string of the molecule is Cc1sc2ncnc(N3CCC(C(=O)N4CCCC4CN4CCCC4)CC3)c2c1C. The molecule has 0 saturated carbocycles. The van der Waals surface area contributed by atoms with Crippen molar-refractivity contribution in [1.82, 2.24) is 19.8 Å². The van der Waals surface area contributed by atoms with E-state index < -0.39 is 0 Å². The quantitative estimate of drug-likeness (QED) is 0.746. The number of aryl methyl sites for hydroxylation is 2. The van der Waals surface area contributed by atoms with Crippen molar-refractivity contribution in [2.24, 2.45) is 5.92 Å². The van der Waals surface area contributed by atoms with E-state index >= 15 is 0 Å². The summed E-state index contributed by atoms with van der Waals surface area (Å²) >= 11 is 1.75. The van der Waals surface area contributed by atoms with Gasteiger partial charge in [0.15, 0.2) is 0 Å². The summed E-state index contributed by atoms with van der Waals surface area (Å²) in [6, 6.07) is 0.437. The van der Waals surface area contributed by atoms with E-state index in [1.54, 1.807) is 17.7 Å². The third-order valence-corrected chi connectivity index (χ3v) is 8.53. The smallest absolute Gasteiger partial charge is 0.226 e. The van der Waals surface area contributed by atoms with Crippen molar-refractivity contribution in [1.29, 1.82) is 0 Å². The third-order valence-electron chi connectivity index (χ3n) is 7.42. The molecule has 5 heterocycles. The highest BCUT2D eigenvalue weighted by atomic mass is 32.1. The number of fused-ring (bicyclic) bond motifs is 1. The van der Waals surface area contributed by atoms with Crippen LogP contribution in [0.15, 0.2) is 6.33 Å². The number of rotatable bonds is 4. The molecule has 7 heteroatoms. The lowest BCUT2D eigenvalue weighted by Gasteiger charge is -2.36. The summed E-state index contributed by atoms with van der Waals surface area (Å²) in [5, 5.41) is 1.20. The molecule has 1 unspecified atom stereocenters. The molecule has 0 radical (unpaired) electrons. The number of likely N-dealkylation sites (tertiary alicyclic amines) is 2. The molecule has 0 spiro atoms. The summed E-state index contributed by atoms with van der Waals surface area (Å²) in [6.07, 6.45) is 8.53. The topological polar surface area (TPSA) is 52.6 Å². The lowest BCUT2D eigenvalue weighted by molar-refractivity contribution is -0.137. The van der Waals surface area contributed by atoms with Gasteiger partial charge in [0.1, 0.15) is 17.0 Å². The number of nitrogens with zero attached hydrogens (tertiary/aromatic N) is 5. The van der Waals surface area contributed by atoms with Crippen LogP contribution in [0.3, 0.4) is 0 Å². The van der Waals surface area contributed by atoms with E-state index in [9.17, 15) is 4.79 Å². The second-order valence-electron chi connectivity index (χ2n) is 9.26. The number of hydrogen-bond donors (Lipinski definition) is 0. The van der Waals surface area contributed by atoms with Crippen LogP contribution in [0.25, 0.3) is 10.2 Å².